The van der Waals surface area contributed by atoms with Crippen LogP contribution in [0.15, 0.2) is 24.3 Å². The van der Waals surface area contributed by atoms with Crippen molar-refractivity contribution in [1.82, 2.24) is 30.8 Å². The summed E-state index contributed by atoms with van der Waals surface area (Å²) in [5.41, 5.74) is 1.20. The molecule has 2 N–H and O–H groups in total. The summed E-state index contributed by atoms with van der Waals surface area (Å²) in [6.07, 6.45) is 0. The minimum absolute atomic E-state index is 0.0136. The molecule has 0 atom stereocenters. The van der Waals surface area contributed by atoms with Crippen molar-refractivity contribution in [2.75, 3.05) is 27.2 Å². The lowest BCUT2D eigenvalue weighted by atomic mass is 9.92. The second kappa shape index (κ2) is 6.65. The molecule has 118 valence electrons. The molecule has 0 aliphatic heterocycles. The van der Waals surface area contributed by atoms with E-state index in [1.165, 1.54) is 0 Å². The number of amides is 1. The van der Waals surface area contributed by atoms with Crippen molar-refractivity contribution in [2.45, 2.75) is 13.8 Å². The van der Waals surface area contributed by atoms with E-state index < -0.39 is 0 Å². The van der Waals surface area contributed by atoms with Crippen molar-refractivity contribution in [3.05, 3.63) is 29.8 Å². The first kappa shape index (κ1) is 16.1. The van der Waals surface area contributed by atoms with Gasteiger partial charge in [-0.2, -0.15) is 5.21 Å². The van der Waals surface area contributed by atoms with Crippen LogP contribution >= 0.6 is 0 Å². The highest BCUT2D eigenvalue weighted by Crippen LogP contribution is 2.20. The maximum atomic E-state index is 12.5. The highest BCUT2D eigenvalue weighted by Gasteiger charge is 2.21. The number of rotatable bonds is 6. The molecule has 2 rings (SSSR count). The van der Waals surface area contributed by atoms with E-state index in [2.05, 4.69) is 44.7 Å². The largest absolute Gasteiger partial charge is 0.351 e. The molecule has 0 spiro atoms. The number of benzene rings is 1. The Bertz CT molecular complexity index is 621. The summed E-state index contributed by atoms with van der Waals surface area (Å²) < 4.78 is 0. The molecule has 22 heavy (non-hydrogen) atoms. The number of carbonyl (C=O) groups is 1. The van der Waals surface area contributed by atoms with E-state index >= 15 is 0 Å². The van der Waals surface area contributed by atoms with Crippen LogP contribution in [0.4, 0.5) is 0 Å². The van der Waals surface area contributed by atoms with Gasteiger partial charge in [0.05, 0.1) is 5.56 Å². The van der Waals surface area contributed by atoms with Crippen molar-refractivity contribution >= 4 is 5.91 Å². The van der Waals surface area contributed by atoms with E-state index in [9.17, 15) is 4.79 Å². The molecule has 7 heteroatoms. The first-order valence-electron chi connectivity index (χ1n) is 7.15. The van der Waals surface area contributed by atoms with Crippen molar-refractivity contribution in [3.8, 4) is 11.4 Å². The molecule has 0 unspecified atom stereocenters. The summed E-state index contributed by atoms with van der Waals surface area (Å²) in [6.45, 7) is 5.72. The first-order chi connectivity index (χ1) is 10.4. The fourth-order valence-corrected chi connectivity index (χ4v) is 2.48. The third kappa shape index (κ3) is 4.11. The van der Waals surface area contributed by atoms with Crippen molar-refractivity contribution in [3.63, 3.8) is 0 Å². The fraction of sp³-hybridized carbons (Fsp3) is 0.467. The maximum absolute atomic E-state index is 12.5. The molecule has 1 amide bonds. The summed E-state index contributed by atoms with van der Waals surface area (Å²) >= 11 is 0. The molecule has 0 radical (unpaired) electrons. The number of aromatic nitrogens is 4. The van der Waals surface area contributed by atoms with Gasteiger partial charge in [0.2, 0.25) is 5.82 Å². The quantitative estimate of drug-likeness (QED) is 0.837. The molecule has 1 aromatic heterocycles. The number of carbonyl (C=O) groups excluding carboxylic acids is 1. The second-order valence-corrected chi connectivity index (χ2v) is 6.37. The number of hydrogen-bond donors (Lipinski definition) is 2. The zero-order valence-corrected chi connectivity index (χ0v) is 13.4. The van der Waals surface area contributed by atoms with Crippen LogP contribution in [0.25, 0.3) is 11.4 Å². The normalized spacial score (nSPS) is 11.7. The predicted molar refractivity (Wildman–Crippen MR) is 84.3 cm³/mol. The Morgan fingerprint density at radius 1 is 1.32 bits per heavy atom. The summed E-state index contributed by atoms with van der Waals surface area (Å²) in [4.78, 5) is 14.6. The molecule has 0 fully saturated rings. The number of nitrogens with zero attached hydrogens (tertiary/aromatic N) is 4. The Balaban J connectivity index is 2.11. The Labute approximate surface area is 130 Å². The number of H-pyrrole nitrogens is 1. The van der Waals surface area contributed by atoms with Gasteiger partial charge in [-0.25, -0.2) is 0 Å². The van der Waals surface area contributed by atoms with E-state index in [1.807, 2.05) is 32.3 Å². The van der Waals surface area contributed by atoms with Gasteiger partial charge in [0, 0.05) is 18.7 Å². The second-order valence-electron chi connectivity index (χ2n) is 6.37. The van der Waals surface area contributed by atoms with Gasteiger partial charge in [0.25, 0.3) is 5.91 Å². The average molecular weight is 302 g/mol. The van der Waals surface area contributed by atoms with Gasteiger partial charge in [-0.05, 0) is 30.8 Å². The topological polar surface area (TPSA) is 86.8 Å². The number of tetrazole rings is 1. The van der Waals surface area contributed by atoms with Gasteiger partial charge < -0.3 is 10.2 Å². The van der Waals surface area contributed by atoms with Gasteiger partial charge in [-0.3, -0.25) is 4.79 Å². The van der Waals surface area contributed by atoms with Crippen molar-refractivity contribution in [1.29, 1.82) is 0 Å². The highest BCUT2D eigenvalue weighted by atomic mass is 16.1. The standard InChI is InChI=1S/C15H22N6O/c1-15(2,10-21(3)4)9-16-14(22)12-8-6-5-7-11(12)13-17-19-20-18-13/h5-8H,9-10H2,1-4H3,(H,16,22)(H,17,18,19,20). The van der Waals surface area contributed by atoms with Crippen LogP contribution in [-0.4, -0.2) is 58.6 Å². The molecule has 1 aromatic carbocycles. The molecule has 0 saturated carbocycles. The smallest absolute Gasteiger partial charge is 0.252 e. The maximum Gasteiger partial charge on any atom is 0.252 e. The Morgan fingerprint density at radius 3 is 2.68 bits per heavy atom. The van der Waals surface area contributed by atoms with Crippen LogP contribution < -0.4 is 5.32 Å². The summed E-state index contributed by atoms with van der Waals surface area (Å²) in [5, 5.41) is 16.8. The third-order valence-electron chi connectivity index (χ3n) is 3.23. The van der Waals surface area contributed by atoms with Crippen LogP contribution in [0, 0.1) is 5.41 Å². The molecule has 7 nitrogen and oxygen atoms in total. The number of nitrogens with one attached hydrogen (secondary N) is 2. The lowest BCUT2D eigenvalue weighted by Crippen LogP contribution is -2.40. The van der Waals surface area contributed by atoms with Crippen molar-refractivity contribution < 1.29 is 4.79 Å². The summed E-state index contributed by atoms with van der Waals surface area (Å²) in [7, 11) is 4.05. The molecular formula is C15H22N6O. The molecule has 2 aromatic rings. The van der Waals surface area contributed by atoms with E-state index in [-0.39, 0.29) is 11.3 Å². The predicted octanol–water partition coefficient (Wildman–Crippen LogP) is 1.18. The molecule has 0 saturated heterocycles. The minimum Gasteiger partial charge on any atom is -0.351 e. The molecule has 0 bridgehead atoms. The average Bonchev–Trinajstić information content (AvgIpc) is 2.97. The van der Waals surface area contributed by atoms with Gasteiger partial charge in [0.1, 0.15) is 0 Å². The van der Waals surface area contributed by atoms with Gasteiger partial charge in [0.15, 0.2) is 0 Å². The van der Waals surface area contributed by atoms with Gasteiger partial charge in [-0.15, -0.1) is 10.2 Å². The van der Waals surface area contributed by atoms with Crippen LogP contribution in [0.1, 0.15) is 24.2 Å². The summed E-state index contributed by atoms with van der Waals surface area (Å²) in [6, 6.07) is 7.24. The Hall–Kier alpha value is -2.28. The van der Waals surface area contributed by atoms with Crippen LogP contribution in [0.5, 0.6) is 0 Å². The van der Waals surface area contributed by atoms with E-state index in [1.54, 1.807) is 6.07 Å². The lowest BCUT2D eigenvalue weighted by Gasteiger charge is -2.28. The van der Waals surface area contributed by atoms with Crippen LogP contribution in [0.2, 0.25) is 0 Å². The third-order valence-corrected chi connectivity index (χ3v) is 3.23. The minimum atomic E-state index is -0.132. The molecule has 1 heterocycles. The molecular weight excluding hydrogens is 280 g/mol. The van der Waals surface area contributed by atoms with Gasteiger partial charge >= 0.3 is 0 Å². The van der Waals surface area contributed by atoms with E-state index in [0.717, 1.165) is 6.54 Å². The fourth-order valence-electron chi connectivity index (χ4n) is 2.48. The first-order valence-corrected chi connectivity index (χ1v) is 7.15. The van der Waals surface area contributed by atoms with Crippen LogP contribution in [-0.2, 0) is 0 Å². The highest BCUT2D eigenvalue weighted by molar-refractivity contribution is 6.00. The number of hydrogen-bond acceptors (Lipinski definition) is 5. The Kier molecular flexibility index (Phi) is 4.87. The van der Waals surface area contributed by atoms with Gasteiger partial charge in [-0.1, -0.05) is 32.0 Å². The Morgan fingerprint density at radius 2 is 2.05 bits per heavy atom. The number of aromatic amines is 1. The zero-order valence-electron chi connectivity index (χ0n) is 13.4. The SMILES string of the molecule is CN(C)CC(C)(C)CNC(=O)c1ccccc1-c1nn[nH]n1. The van der Waals surface area contributed by atoms with Crippen molar-refractivity contribution in [2.24, 2.45) is 5.41 Å². The van der Waals surface area contributed by atoms with E-state index in [0.29, 0.717) is 23.5 Å². The molecule has 0 aliphatic carbocycles. The monoisotopic (exact) mass is 302 g/mol. The lowest BCUT2D eigenvalue weighted by molar-refractivity contribution is 0.0930. The summed E-state index contributed by atoms with van der Waals surface area (Å²) in [5.74, 6) is 0.283. The zero-order chi connectivity index (χ0) is 16.2. The molecule has 0 aliphatic rings. The van der Waals surface area contributed by atoms with E-state index in [4.69, 9.17) is 0 Å². The van der Waals surface area contributed by atoms with Crippen LogP contribution in [0.3, 0.4) is 0 Å².